The topological polar surface area (TPSA) is 32.5 Å². The van der Waals surface area contributed by atoms with Crippen molar-refractivity contribution in [2.24, 2.45) is 11.7 Å². The third-order valence-corrected chi connectivity index (χ3v) is 3.68. The van der Waals surface area contributed by atoms with Gasteiger partial charge < -0.3 is 15.5 Å². The molecule has 0 aromatic rings. The molecular formula is C11H23N3. The summed E-state index contributed by atoms with van der Waals surface area (Å²) in [6, 6.07) is 0.411. The molecule has 14 heavy (non-hydrogen) atoms. The van der Waals surface area contributed by atoms with Crippen LogP contribution in [-0.4, -0.2) is 55.1 Å². The Morgan fingerprint density at radius 2 is 1.71 bits per heavy atom. The van der Waals surface area contributed by atoms with Crippen LogP contribution in [0.15, 0.2) is 0 Å². The van der Waals surface area contributed by atoms with Crippen molar-refractivity contribution in [1.29, 1.82) is 0 Å². The first-order valence-corrected chi connectivity index (χ1v) is 5.96. The highest BCUT2D eigenvalue weighted by molar-refractivity contribution is 4.84. The van der Waals surface area contributed by atoms with Crippen molar-refractivity contribution in [3.8, 4) is 0 Å². The molecule has 3 heteroatoms. The minimum Gasteiger partial charge on any atom is -0.326 e. The number of likely N-dealkylation sites (tertiary alicyclic amines) is 2. The quantitative estimate of drug-likeness (QED) is 0.709. The summed E-state index contributed by atoms with van der Waals surface area (Å²) in [5.41, 5.74) is 6.00. The van der Waals surface area contributed by atoms with Crippen molar-refractivity contribution in [2.75, 3.05) is 39.3 Å². The summed E-state index contributed by atoms with van der Waals surface area (Å²) >= 11 is 0. The van der Waals surface area contributed by atoms with Crippen LogP contribution in [0.2, 0.25) is 0 Å². The highest BCUT2D eigenvalue weighted by atomic mass is 15.2. The summed E-state index contributed by atoms with van der Waals surface area (Å²) in [7, 11) is 0. The summed E-state index contributed by atoms with van der Waals surface area (Å²) < 4.78 is 0. The van der Waals surface area contributed by atoms with E-state index in [2.05, 4.69) is 16.7 Å². The highest BCUT2D eigenvalue weighted by Gasteiger charge is 2.26. The lowest BCUT2D eigenvalue weighted by Crippen LogP contribution is -2.34. The fraction of sp³-hybridized carbons (Fsp3) is 1.00. The molecule has 3 nitrogen and oxygen atoms in total. The second kappa shape index (κ2) is 4.60. The first-order valence-electron chi connectivity index (χ1n) is 5.96. The first kappa shape index (κ1) is 10.4. The van der Waals surface area contributed by atoms with Crippen molar-refractivity contribution < 1.29 is 0 Å². The Balaban J connectivity index is 1.66. The second-order valence-electron chi connectivity index (χ2n) is 4.95. The zero-order chi connectivity index (χ0) is 9.97. The van der Waals surface area contributed by atoms with Gasteiger partial charge in [-0.3, -0.25) is 0 Å². The van der Waals surface area contributed by atoms with Gasteiger partial charge in [0.2, 0.25) is 0 Å². The molecule has 2 heterocycles. The molecule has 2 saturated heterocycles. The summed E-state index contributed by atoms with van der Waals surface area (Å²) in [4.78, 5) is 5.10. The summed E-state index contributed by atoms with van der Waals surface area (Å²) in [5, 5.41) is 0. The van der Waals surface area contributed by atoms with Gasteiger partial charge in [0.1, 0.15) is 0 Å². The van der Waals surface area contributed by atoms with Gasteiger partial charge >= 0.3 is 0 Å². The van der Waals surface area contributed by atoms with Crippen molar-refractivity contribution >= 4 is 0 Å². The van der Waals surface area contributed by atoms with Gasteiger partial charge in [0.05, 0.1) is 0 Å². The van der Waals surface area contributed by atoms with Crippen molar-refractivity contribution in [1.82, 2.24) is 9.80 Å². The van der Waals surface area contributed by atoms with Crippen LogP contribution >= 0.6 is 0 Å². The van der Waals surface area contributed by atoms with E-state index in [-0.39, 0.29) is 0 Å². The molecule has 0 bridgehead atoms. The molecule has 2 unspecified atom stereocenters. The van der Waals surface area contributed by atoms with E-state index in [1.54, 1.807) is 0 Å². The van der Waals surface area contributed by atoms with E-state index < -0.39 is 0 Å². The van der Waals surface area contributed by atoms with E-state index >= 15 is 0 Å². The predicted octanol–water partition coefficient (Wildman–Crippen LogP) is 0.361. The van der Waals surface area contributed by atoms with E-state index in [1.807, 2.05) is 0 Å². The third kappa shape index (κ3) is 2.47. The third-order valence-electron chi connectivity index (χ3n) is 3.68. The number of nitrogens with zero attached hydrogens (tertiary/aromatic N) is 2. The molecule has 2 N–H and O–H groups in total. The zero-order valence-electron chi connectivity index (χ0n) is 9.28. The standard InChI is InChI=1S/C11H23N3/c1-10-8-14(9-11(10)12)7-6-13-4-2-3-5-13/h10-11H,2-9,12H2,1H3. The monoisotopic (exact) mass is 197 g/mol. The smallest absolute Gasteiger partial charge is 0.0206 e. The van der Waals surface area contributed by atoms with Gasteiger partial charge in [-0.2, -0.15) is 0 Å². The molecule has 0 amide bonds. The molecule has 2 aliphatic rings. The molecule has 0 aromatic heterocycles. The maximum Gasteiger partial charge on any atom is 0.0206 e. The highest BCUT2D eigenvalue weighted by Crippen LogP contribution is 2.14. The minimum atomic E-state index is 0.411. The van der Waals surface area contributed by atoms with Crippen LogP contribution < -0.4 is 5.73 Å². The lowest BCUT2D eigenvalue weighted by Gasteiger charge is -2.20. The number of nitrogens with two attached hydrogens (primary N) is 1. The van der Waals surface area contributed by atoms with Crippen LogP contribution in [-0.2, 0) is 0 Å². The molecule has 2 aliphatic heterocycles. The van der Waals surface area contributed by atoms with Gasteiger partial charge in [0, 0.05) is 32.2 Å². The van der Waals surface area contributed by atoms with Gasteiger partial charge in [-0.25, -0.2) is 0 Å². The number of hydrogen-bond donors (Lipinski definition) is 1. The first-order chi connectivity index (χ1) is 6.75. The van der Waals surface area contributed by atoms with E-state index in [0.29, 0.717) is 12.0 Å². The molecule has 2 fully saturated rings. The van der Waals surface area contributed by atoms with Crippen molar-refractivity contribution in [3.05, 3.63) is 0 Å². The van der Waals surface area contributed by atoms with Gasteiger partial charge in [-0.05, 0) is 31.8 Å². The molecule has 0 saturated carbocycles. The Labute approximate surface area is 87.2 Å². The molecule has 0 spiro atoms. The Morgan fingerprint density at radius 3 is 2.29 bits per heavy atom. The average Bonchev–Trinajstić information content (AvgIpc) is 2.74. The molecule has 2 atom stereocenters. The minimum absolute atomic E-state index is 0.411. The molecular weight excluding hydrogens is 174 g/mol. The maximum atomic E-state index is 6.00. The van der Waals surface area contributed by atoms with E-state index in [9.17, 15) is 0 Å². The van der Waals surface area contributed by atoms with Crippen LogP contribution in [0.5, 0.6) is 0 Å². The normalized spacial score (nSPS) is 35.6. The van der Waals surface area contributed by atoms with Gasteiger partial charge in [0.15, 0.2) is 0 Å². The van der Waals surface area contributed by atoms with Gasteiger partial charge in [-0.1, -0.05) is 6.92 Å². The van der Waals surface area contributed by atoms with Crippen LogP contribution in [0.3, 0.4) is 0 Å². The lowest BCUT2D eigenvalue weighted by molar-refractivity contribution is 0.252. The Morgan fingerprint density at radius 1 is 1.07 bits per heavy atom. The molecule has 2 rings (SSSR count). The largest absolute Gasteiger partial charge is 0.326 e. The average molecular weight is 197 g/mol. The zero-order valence-corrected chi connectivity index (χ0v) is 9.28. The lowest BCUT2D eigenvalue weighted by atomic mass is 10.1. The van der Waals surface area contributed by atoms with Crippen molar-refractivity contribution in [3.63, 3.8) is 0 Å². The number of hydrogen-bond acceptors (Lipinski definition) is 3. The van der Waals surface area contributed by atoms with Gasteiger partial charge in [0.25, 0.3) is 0 Å². The van der Waals surface area contributed by atoms with Crippen LogP contribution in [0.1, 0.15) is 19.8 Å². The van der Waals surface area contributed by atoms with E-state index in [1.165, 1.54) is 45.6 Å². The fourth-order valence-corrected chi connectivity index (χ4v) is 2.57. The molecule has 0 radical (unpaired) electrons. The van der Waals surface area contributed by atoms with Gasteiger partial charge in [-0.15, -0.1) is 0 Å². The Bertz CT molecular complexity index is 167. The predicted molar refractivity (Wildman–Crippen MR) is 59.3 cm³/mol. The number of rotatable bonds is 3. The summed E-state index contributed by atoms with van der Waals surface area (Å²) in [6.07, 6.45) is 2.80. The van der Waals surface area contributed by atoms with Crippen molar-refractivity contribution in [2.45, 2.75) is 25.8 Å². The van der Waals surface area contributed by atoms with E-state index in [4.69, 9.17) is 5.73 Å². The second-order valence-corrected chi connectivity index (χ2v) is 4.95. The summed E-state index contributed by atoms with van der Waals surface area (Å²) in [5.74, 6) is 0.688. The SMILES string of the molecule is CC1CN(CCN2CCCC2)CC1N. The van der Waals surface area contributed by atoms with Crippen LogP contribution in [0, 0.1) is 5.92 Å². The fourth-order valence-electron chi connectivity index (χ4n) is 2.57. The van der Waals surface area contributed by atoms with Crippen LogP contribution in [0.25, 0.3) is 0 Å². The molecule has 0 aliphatic carbocycles. The van der Waals surface area contributed by atoms with E-state index in [0.717, 1.165) is 6.54 Å². The Kier molecular flexibility index (Phi) is 3.42. The summed E-state index contributed by atoms with van der Waals surface area (Å²) in [6.45, 7) is 9.67. The van der Waals surface area contributed by atoms with Crippen LogP contribution in [0.4, 0.5) is 0 Å². The maximum absolute atomic E-state index is 6.00. The molecule has 0 aromatic carbocycles. The Hall–Kier alpha value is -0.120. The molecule has 82 valence electrons.